The van der Waals surface area contributed by atoms with Crippen LogP contribution in [-0.2, 0) is 17.8 Å². The van der Waals surface area contributed by atoms with Gasteiger partial charge in [-0.05, 0) is 55.3 Å². The van der Waals surface area contributed by atoms with Crippen LogP contribution in [0.15, 0.2) is 72.8 Å². The molecule has 4 aromatic rings. The minimum atomic E-state index is -0.408. The van der Waals surface area contributed by atoms with Crippen LogP contribution in [0.1, 0.15) is 28.2 Å². The first-order valence-corrected chi connectivity index (χ1v) is 10.8. The van der Waals surface area contributed by atoms with Crippen LogP contribution >= 0.6 is 0 Å². The van der Waals surface area contributed by atoms with Crippen LogP contribution in [0.4, 0.5) is 10.1 Å². The van der Waals surface area contributed by atoms with Crippen LogP contribution in [-0.4, -0.2) is 27.9 Å². The zero-order valence-corrected chi connectivity index (χ0v) is 18.3. The summed E-state index contributed by atoms with van der Waals surface area (Å²) in [5.41, 5.74) is 3.66. The lowest BCUT2D eigenvalue weighted by Crippen LogP contribution is -2.26. The van der Waals surface area contributed by atoms with Crippen LogP contribution in [0.2, 0.25) is 0 Å². The number of aryl methyl sites for hydroxylation is 2. The molecule has 168 valence electrons. The van der Waals surface area contributed by atoms with Gasteiger partial charge in [-0.15, -0.1) is 0 Å². The van der Waals surface area contributed by atoms with Crippen molar-refractivity contribution in [3.05, 3.63) is 95.6 Å². The monoisotopic (exact) mass is 444 g/mol. The highest BCUT2D eigenvalue weighted by atomic mass is 19.1. The fourth-order valence-electron chi connectivity index (χ4n) is 3.77. The van der Waals surface area contributed by atoms with Gasteiger partial charge in [-0.1, -0.05) is 36.4 Å². The molecule has 6 nitrogen and oxygen atoms in total. The summed E-state index contributed by atoms with van der Waals surface area (Å²) in [4.78, 5) is 29.8. The zero-order chi connectivity index (χ0) is 23.2. The molecule has 0 atom stereocenters. The number of imidazole rings is 1. The molecule has 0 spiro atoms. The summed E-state index contributed by atoms with van der Waals surface area (Å²) in [5, 5.41) is 5.69. The summed E-state index contributed by atoms with van der Waals surface area (Å²) in [6.45, 7) is 2.46. The topological polar surface area (TPSA) is 76.0 Å². The van der Waals surface area contributed by atoms with Crippen molar-refractivity contribution in [3.63, 3.8) is 0 Å². The Morgan fingerprint density at radius 3 is 2.61 bits per heavy atom. The molecule has 0 radical (unpaired) electrons. The molecule has 0 aliphatic rings. The molecule has 0 saturated carbocycles. The normalized spacial score (nSPS) is 10.8. The number of anilines is 1. The number of carbonyl (C=O) groups is 2. The van der Waals surface area contributed by atoms with E-state index >= 15 is 0 Å². The molecule has 2 N–H and O–H groups in total. The minimum Gasteiger partial charge on any atom is -0.352 e. The second kappa shape index (κ2) is 10.1. The average Bonchev–Trinajstić information content (AvgIpc) is 3.14. The number of benzene rings is 3. The maximum Gasteiger partial charge on any atom is 0.251 e. The van der Waals surface area contributed by atoms with Crippen molar-refractivity contribution in [1.82, 2.24) is 14.9 Å². The predicted molar refractivity (Wildman–Crippen MR) is 127 cm³/mol. The number of nitrogens with zero attached hydrogens (tertiary/aromatic N) is 2. The Hall–Kier alpha value is -4.00. The predicted octanol–water partition coefficient (Wildman–Crippen LogP) is 4.49. The SMILES string of the molecule is Cc1ccccc1C(=O)NCCCc1nc2ccccc2n1CC(=O)Nc1cccc(F)c1. The third-order valence-electron chi connectivity index (χ3n) is 5.40. The molecular weight excluding hydrogens is 419 g/mol. The van der Waals surface area contributed by atoms with E-state index < -0.39 is 5.82 Å². The Kier molecular flexibility index (Phi) is 6.78. The molecule has 33 heavy (non-hydrogen) atoms. The third-order valence-corrected chi connectivity index (χ3v) is 5.40. The average molecular weight is 445 g/mol. The fraction of sp³-hybridized carbons (Fsp3) is 0.192. The van der Waals surface area contributed by atoms with Gasteiger partial charge in [0.15, 0.2) is 0 Å². The quantitative estimate of drug-likeness (QED) is 0.393. The maximum atomic E-state index is 13.4. The number of rotatable bonds is 8. The highest BCUT2D eigenvalue weighted by molar-refractivity contribution is 5.95. The highest BCUT2D eigenvalue weighted by Gasteiger charge is 2.14. The Morgan fingerprint density at radius 1 is 1.00 bits per heavy atom. The summed E-state index contributed by atoms with van der Waals surface area (Å²) < 4.78 is 15.3. The molecule has 0 fully saturated rings. The number of fused-ring (bicyclic) bond motifs is 1. The van der Waals surface area contributed by atoms with E-state index in [9.17, 15) is 14.0 Å². The summed E-state index contributed by atoms with van der Waals surface area (Å²) in [5.74, 6) is -0.0148. The molecule has 0 aliphatic carbocycles. The van der Waals surface area contributed by atoms with Crippen molar-refractivity contribution < 1.29 is 14.0 Å². The van der Waals surface area contributed by atoms with Crippen LogP contribution in [0, 0.1) is 12.7 Å². The lowest BCUT2D eigenvalue weighted by molar-refractivity contribution is -0.116. The van der Waals surface area contributed by atoms with Crippen LogP contribution in [0.25, 0.3) is 11.0 Å². The molecule has 4 rings (SSSR count). The van der Waals surface area contributed by atoms with Crippen LogP contribution < -0.4 is 10.6 Å². The largest absolute Gasteiger partial charge is 0.352 e. The number of aromatic nitrogens is 2. The summed E-state index contributed by atoms with van der Waals surface area (Å²) in [6.07, 6.45) is 1.27. The van der Waals surface area contributed by atoms with Crippen LogP contribution in [0.5, 0.6) is 0 Å². The molecule has 0 aliphatic heterocycles. The van der Waals surface area contributed by atoms with Gasteiger partial charge in [0.2, 0.25) is 5.91 Å². The van der Waals surface area contributed by atoms with Crippen LogP contribution in [0.3, 0.4) is 0 Å². The molecule has 3 aromatic carbocycles. The van der Waals surface area contributed by atoms with E-state index in [0.717, 1.165) is 22.4 Å². The first kappa shape index (κ1) is 22.2. The van der Waals surface area contributed by atoms with Crippen molar-refractivity contribution in [2.24, 2.45) is 0 Å². The maximum absolute atomic E-state index is 13.4. The number of amides is 2. The Bertz CT molecular complexity index is 1300. The first-order chi connectivity index (χ1) is 16.0. The Morgan fingerprint density at radius 2 is 1.79 bits per heavy atom. The smallest absolute Gasteiger partial charge is 0.251 e. The van der Waals surface area contributed by atoms with Gasteiger partial charge in [0.05, 0.1) is 11.0 Å². The van der Waals surface area contributed by atoms with Crippen molar-refractivity contribution >= 4 is 28.5 Å². The van der Waals surface area contributed by atoms with E-state index in [0.29, 0.717) is 30.6 Å². The molecule has 0 unspecified atom stereocenters. The van der Waals surface area contributed by atoms with E-state index in [1.807, 2.05) is 54.0 Å². The van der Waals surface area contributed by atoms with E-state index in [2.05, 4.69) is 15.6 Å². The van der Waals surface area contributed by atoms with Gasteiger partial charge in [-0.2, -0.15) is 0 Å². The second-order valence-corrected chi connectivity index (χ2v) is 7.84. The van der Waals surface area contributed by atoms with E-state index in [-0.39, 0.29) is 18.4 Å². The third kappa shape index (κ3) is 5.44. The Balaban J connectivity index is 1.42. The van der Waals surface area contributed by atoms with Gasteiger partial charge in [-0.25, -0.2) is 9.37 Å². The number of carbonyl (C=O) groups excluding carboxylic acids is 2. The van der Waals surface area contributed by atoms with Gasteiger partial charge in [0, 0.05) is 24.2 Å². The van der Waals surface area contributed by atoms with Gasteiger partial charge in [0.1, 0.15) is 18.2 Å². The minimum absolute atomic E-state index is 0.0575. The lowest BCUT2D eigenvalue weighted by Gasteiger charge is -2.11. The van der Waals surface area contributed by atoms with Gasteiger partial charge >= 0.3 is 0 Å². The second-order valence-electron chi connectivity index (χ2n) is 7.84. The van der Waals surface area contributed by atoms with Crippen molar-refractivity contribution in [3.8, 4) is 0 Å². The van der Waals surface area contributed by atoms with Gasteiger partial charge in [0.25, 0.3) is 5.91 Å². The molecular formula is C26H25FN4O2. The summed E-state index contributed by atoms with van der Waals surface area (Å²) >= 11 is 0. The molecule has 0 saturated heterocycles. The van der Waals surface area contributed by atoms with Gasteiger partial charge in [-0.3, -0.25) is 9.59 Å². The number of hydrogen-bond donors (Lipinski definition) is 2. The van der Waals surface area contributed by atoms with Crippen molar-refractivity contribution in [1.29, 1.82) is 0 Å². The number of nitrogens with one attached hydrogen (secondary N) is 2. The summed E-state index contributed by atoms with van der Waals surface area (Å²) in [6, 6.07) is 20.9. The van der Waals surface area contributed by atoms with Gasteiger partial charge < -0.3 is 15.2 Å². The molecule has 2 amide bonds. The molecule has 7 heteroatoms. The lowest BCUT2D eigenvalue weighted by atomic mass is 10.1. The molecule has 1 heterocycles. The van der Waals surface area contributed by atoms with Crippen molar-refractivity contribution in [2.45, 2.75) is 26.3 Å². The standard InChI is InChI=1S/C26H25FN4O2/c1-18-8-2-3-11-21(18)26(33)28-15-7-14-24-30-22-12-4-5-13-23(22)31(24)17-25(32)29-20-10-6-9-19(27)16-20/h2-6,8-13,16H,7,14-15,17H2,1H3,(H,28,33)(H,29,32). The van der Waals surface area contributed by atoms with E-state index in [4.69, 9.17) is 0 Å². The Labute approximate surface area is 191 Å². The summed E-state index contributed by atoms with van der Waals surface area (Å²) in [7, 11) is 0. The zero-order valence-electron chi connectivity index (χ0n) is 18.3. The first-order valence-electron chi connectivity index (χ1n) is 10.8. The van der Waals surface area contributed by atoms with E-state index in [1.54, 1.807) is 18.2 Å². The molecule has 0 bridgehead atoms. The highest BCUT2D eigenvalue weighted by Crippen LogP contribution is 2.18. The molecule has 1 aromatic heterocycles. The fourth-order valence-corrected chi connectivity index (χ4v) is 3.77. The number of hydrogen-bond acceptors (Lipinski definition) is 3. The van der Waals surface area contributed by atoms with Crippen molar-refractivity contribution in [2.75, 3.05) is 11.9 Å². The number of para-hydroxylation sites is 2. The van der Waals surface area contributed by atoms with E-state index in [1.165, 1.54) is 12.1 Å². The number of halogens is 1.